The summed E-state index contributed by atoms with van der Waals surface area (Å²) < 4.78 is 23.1. The molecule has 0 saturated carbocycles. The fraction of sp³-hybridized carbons (Fsp3) is 0.267. The Labute approximate surface area is 126 Å². The number of ether oxygens (including phenoxy) is 1. The van der Waals surface area contributed by atoms with Gasteiger partial charge in [-0.1, -0.05) is 0 Å². The molecule has 0 unspecified atom stereocenters. The molecule has 4 nitrogen and oxygen atoms in total. The minimum absolute atomic E-state index is 0.188. The Morgan fingerprint density at radius 2 is 1.95 bits per heavy atom. The number of carbonyl (C=O) groups excluding carboxylic acids is 1. The summed E-state index contributed by atoms with van der Waals surface area (Å²) in [5, 5.41) is 2.91. The second-order valence-corrected chi connectivity index (χ2v) is 4.74. The fourth-order valence-corrected chi connectivity index (χ4v) is 1.82. The van der Waals surface area contributed by atoms with Crippen LogP contribution in [0.2, 0.25) is 5.22 Å². The molecule has 6 heteroatoms. The topological polar surface area (TPSA) is 51.5 Å². The normalized spacial score (nSPS) is 10.4. The first-order valence-corrected chi connectivity index (χ1v) is 6.95. The van der Waals surface area contributed by atoms with Gasteiger partial charge in [0.2, 0.25) is 0 Å². The molecule has 1 amide bonds. The molecule has 1 heterocycles. The molecular weight excluding hydrogens is 297 g/mol. The van der Waals surface area contributed by atoms with E-state index in [-0.39, 0.29) is 22.7 Å². The lowest BCUT2D eigenvalue weighted by molar-refractivity contribution is 0.0925. The molecule has 1 N–H and O–H groups in total. The number of rotatable bonds is 7. The van der Waals surface area contributed by atoms with Crippen molar-refractivity contribution >= 4 is 17.5 Å². The zero-order chi connectivity index (χ0) is 15.1. The van der Waals surface area contributed by atoms with E-state index >= 15 is 0 Å². The zero-order valence-corrected chi connectivity index (χ0v) is 12.0. The molecule has 0 spiro atoms. The van der Waals surface area contributed by atoms with Gasteiger partial charge in [0.05, 0.1) is 6.61 Å². The summed E-state index contributed by atoms with van der Waals surface area (Å²) in [5.41, 5.74) is 0. The first-order chi connectivity index (χ1) is 10.1. The lowest BCUT2D eigenvalue weighted by atomic mass is 10.3. The van der Waals surface area contributed by atoms with E-state index in [2.05, 4.69) is 5.32 Å². The van der Waals surface area contributed by atoms with Crippen LogP contribution in [-0.2, 0) is 0 Å². The zero-order valence-electron chi connectivity index (χ0n) is 11.3. The Balaban J connectivity index is 1.58. The van der Waals surface area contributed by atoms with Crippen molar-refractivity contribution < 1.29 is 18.3 Å². The molecular formula is C15H15ClFNO3. The molecule has 21 heavy (non-hydrogen) atoms. The summed E-state index contributed by atoms with van der Waals surface area (Å²) in [4.78, 5) is 11.6. The maximum atomic E-state index is 12.7. The first kappa shape index (κ1) is 15.4. The molecule has 0 radical (unpaired) electrons. The Kier molecular flexibility index (Phi) is 5.63. The lowest BCUT2D eigenvalue weighted by Gasteiger charge is -2.06. The van der Waals surface area contributed by atoms with Gasteiger partial charge in [-0.05, 0) is 60.8 Å². The Morgan fingerprint density at radius 3 is 2.62 bits per heavy atom. The number of benzene rings is 1. The predicted octanol–water partition coefficient (Wildman–Crippen LogP) is 3.66. The second-order valence-electron chi connectivity index (χ2n) is 4.37. The molecule has 2 aromatic rings. The number of amides is 1. The van der Waals surface area contributed by atoms with Crippen LogP contribution in [0, 0.1) is 5.82 Å². The smallest absolute Gasteiger partial charge is 0.287 e. The molecule has 1 aromatic heterocycles. The van der Waals surface area contributed by atoms with E-state index < -0.39 is 0 Å². The summed E-state index contributed by atoms with van der Waals surface area (Å²) >= 11 is 5.59. The van der Waals surface area contributed by atoms with Crippen molar-refractivity contribution in [3.05, 3.63) is 53.2 Å². The monoisotopic (exact) mass is 311 g/mol. The third kappa shape index (κ3) is 5.11. The number of unbranched alkanes of at least 4 members (excludes halogenated alkanes) is 1. The molecule has 1 aromatic carbocycles. The van der Waals surface area contributed by atoms with Gasteiger partial charge in [-0.25, -0.2) is 4.39 Å². The van der Waals surface area contributed by atoms with Gasteiger partial charge < -0.3 is 14.5 Å². The lowest BCUT2D eigenvalue weighted by Crippen LogP contribution is -2.24. The highest BCUT2D eigenvalue weighted by molar-refractivity contribution is 6.29. The first-order valence-electron chi connectivity index (χ1n) is 6.57. The molecule has 0 aliphatic heterocycles. The third-order valence-electron chi connectivity index (χ3n) is 2.74. The van der Waals surface area contributed by atoms with E-state index in [0.29, 0.717) is 18.9 Å². The van der Waals surface area contributed by atoms with Crippen LogP contribution in [0.5, 0.6) is 5.75 Å². The Hall–Kier alpha value is -2.01. The molecule has 0 saturated heterocycles. The summed E-state index contributed by atoms with van der Waals surface area (Å²) in [6, 6.07) is 8.91. The van der Waals surface area contributed by atoms with E-state index in [9.17, 15) is 9.18 Å². The maximum Gasteiger partial charge on any atom is 0.287 e. The van der Waals surface area contributed by atoms with E-state index in [1.165, 1.54) is 24.3 Å². The van der Waals surface area contributed by atoms with E-state index in [1.54, 1.807) is 12.1 Å². The van der Waals surface area contributed by atoms with E-state index in [1.807, 2.05) is 0 Å². The predicted molar refractivity (Wildman–Crippen MR) is 77.2 cm³/mol. The van der Waals surface area contributed by atoms with Crippen LogP contribution in [-0.4, -0.2) is 19.1 Å². The Bertz CT molecular complexity index is 583. The minimum Gasteiger partial charge on any atom is -0.494 e. The van der Waals surface area contributed by atoms with Gasteiger partial charge >= 0.3 is 0 Å². The quantitative estimate of drug-likeness (QED) is 0.794. The molecule has 112 valence electrons. The van der Waals surface area contributed by atoms with Crippen molar-refractivity contribution in [1.29, 1.82) is 0 Å². The summed E-state index contributed by atoms with van der Waals surface area (Å²) in [6.07, 6.45) is 1.54. The highest BCUT2D eigenvalue weighted by Gasteiger charge is 2.09. The minimum atomic E-state index is -0.290. The van der Waals surface area contributed by atoms with Crippen molar-refractivity contribution in [1.82, 2.24) is 5.32 Å². The SMILES string of the molecule is O=C(NCCCCOc1ccc(F)cc1)c1ccc(Cl)o1. The van der Waals surface area contributed by atoms with Crippen molar-refractivity contribution in [2.45, 2.75) is 12.8 Å². The average molecular weight is 312 g/mol. The van der Waals surface area contributed by atoms with Crippen molar-refractivity contribution in [2.24, 2.45) is 0 Å². The molecule has 0 bridgehead atoms. The van der Waals surface area contributed by atoms with E-state index in [0.717, 1.165) is 12.8 Å². The largest absolute Gasteiger partial charge is 0.494 e. The fourth-order valence-electron chi connectivity index (χ4n) is 1.67. The van der Waals surface area contributed by atoms with Crippen molar-refractivity contribution in [2.75, 3.05) is 13.2 Å². The number of hydrogen-bond donors (Lipinski definition) is 1. The molecule has 2 rings (SSSR count). The third-order valence-corrected chi connectivity index (χ3v) is 2.94. The van der Waals surface area contributed by atoms with Gasteiger partial charge in [-0.15, -0.1) is 0 Å². The van der Waals surface area contributed by atoms with Gasteiger partial charge in [-0.3, -0.25) is 4.79 Å². The van der Waals surface area contributed by atoms with E-state index in [4.69, 9.17) is 20.8 Å². The second kappa shape index (κ2) is 7.69. The van der Waals surface area contributed by atoms with Crippen LogP contribution in [0.3, 0.4) is 0 Å². The highest BCUT2D eigenvalue weighted by atomic mass is 35.5. The van der Waals surface area contributed by atoms with Gasteiger partial charge in [0.1, 0.15) is 11.6 Å². The summed E-state index contributed by atoms with van der Waals surface area (Å²) in [6.45, 7) is 1.03. The molecule has 0 fully saturated rings. The number of halogens is 2. The standard InChI is InChI=1S/C15H15ClFNO3/c16-14-8-7-13(21-14)15(19)18-9-1-2-10-20-12-5-3-11(17)4-6-12/h3-8H,1-2,9-10H2,(H,18,19). The van der Waals surface area contributed by atoms with Crippen LogP contribution in [0.15, 0.2) is 40.8 Å². The molecule has 0 aliphatic rings. The number of carbonyl (C=O) groups is 1. The van der Waals surface area contributed by atoms with Crippen LogP contribution in [0.1, 0.15) is 23.4 Å². The van der Waals surface area contributed by atoms with Crippen LogP contribution in [0.25, 0.3) is 0 Å². The number of nitrogens with one attached hydrogen (secondary N) is 1. The van der Waals surface area contributed by atoms with Gasteiger partial charge in [0, 0.05) is 6.54 Å². The molecule has 0 atom stereocenters. The van der Waals surface area contributed by atoms with Crippen molar-refractivity contribution in [3.8, 4) is 5.75 Å². The maximum absolute atomic E-state index is 12.7. The Morgan fingerprint density at radius 1 is 1.19 bits per heavy atom. The van der Waals surface area contributed by atoms with Crippen LogP contribution >= 0.6 is 11.6 Å². The summed E-state index contributed by atoms with van der Waals surface area (Å²) in [5.74, 6) is 0.248. The highest BCUT2D eigenvalue weighted by Crippen LogP contribution is 2.13. The van der Waals surface area contributed by atoms with Crippen LogP contribution in [0.4, 0.5) is 4.39 Å². The van der Waals surface area contributed by atoms with Gasteiger partial charge in [0.25, 0.3) is 5.91 Å². The number of furan rings is 1. The average Bonchev–Trinajstić information content (AvgIpc) is 2.91. The van der Waals surface area contributed by atoms with Gasteiger partial charge in [0.15, 0.2) is 11.0 Å². The van der Waals surface area contributed by atoms with Crippen molar-refractivity contribution in [3.63, 3.8) is 0 Å². The number of hydrogen-bond acceptors (Lipinski definition) is 3. The van der Waals surface area contributed by atoms with Gasteiger partial charge in [-0.2, -0.15) is 0 Å². The summed E-state index contributed by atoms with van der Waals surface area (Å²) in [7, 11) is 0. The van der Waals surface area contributed by atoms with Crippen LogP contribution < -0.4 is 10.1 Å². The molecule has 0 aliphatic carbocycles.